The Hall–Kier alpha value is -2.45. The highest BCUT2D eigenvalue weighted by atomic mass is 35.5. The number of benzene rings is 2. The van der Waals surface area contributed by atoms with Crippen molar-refractivity contribution >= 4 is 23.5 Å². The first-order valence-corrected chi connectivity index (χ1v) is 10.8. The van der Waals surface area contributed by atoms with Gasteiger partial charge in [-0.2, -0.15) is 0 Å². The van der Waals surface area contributed by atoms with Crippen molar-refractivity contribution in [2.75, 3.05) is 12.5 Å². The smallest absolute Gasteiger partial charge is 0.305 e. The first-order chi connectivity index (χ1) is 15.4. The highest BCUT2D eigenvalue weighted by Crippen LogP contribution is 2.38. The van der Waals surface area contributed by atoms with E-state index in [-0.39, 0.29) is 19.1 Å². The molecule has 2 aromatic carbocycles. The summed E-state index contributed by atoms with van der Waals surface area (Å²) in [5.74, 6) is -1.17. The lowest BCUT2D eigenvalue weighted by Gasteiger charge is -2.32. The van der Waals surface area contributed by atoms with Crippen LogP contribution >= 0.6 is 11.6 Å². The van der Waals surface area contributed by atoms with Crippen molar-refractivity contribution in [1.29, 1.82) is 0 Å². The van der Waals surface area contributed by atoms with Gasteiger partial charge in [0, 0.05) is 13.8 Å². The summed E-state index contributed by atoms with van der Waals surface area (Å²) >= 11 is 6.36. The molecule has 0 amide bonds. The van der Waals surface area contributed by atoms with E-state index in [9.17, 15) is 9.59 Å². The first kappa shape index (κ1) is 24.2. The molecular formula is C24H27ClO7. The van der Waals surface area contributed by atoms with Gasteiger partial charge in [0.15, 0.2) is 6.10 Å². The molecule has 0 bridgehead atoms. The van der Waals surface area contributed by atoms with Crippen LogP contribution in [0.15, 0.2) is 60.7 Å². The fourth-order valence-electron chi connectivity index (χ4n) is 3.56. The molecule has 0 unspecified atom stereocenters. The predicted octanol–water partition coefficient (Wildman–Crippen LogP) is 3.62. The zero-order valence-corrected chi connectivity index (χ0v) is 18.8. The molecule has 7 nitrogen and oxygen atoms in total. The van der Waals surface area contributed by atoms with E-state index in [0.717, 1.165) is 11.1 Å². The molecular weight excluding hydrogens is 436 g/mol. The lowest BCUT2D eigenvalue weighted by atomic mass is 9.97. The number of halogens is 1. The predicted molar refractivity (Wildman–Crippen MR) is 117 cm³/mol. The second kappa shape index (κ2) is 11.4. The molecule has 0 radical (unpaired) electrons. The van der Waals surface area contributed by atoms with Crippen molar-refractivity contribution in [3.63, 3.8) is 0 Å². The molecule has 0 aliphatic carbocycles. The second-order valence-corrected chi connectivity index (χ2v) is 7.83. The van der Waals surface area contributed by atoms with Gasteiger partial charge in [-0.05, 0) is 11.1 Å². The molecule has 8 heteroatoms. The summed E-state index contributed by atoms with van der Waals surface area (Å²) in [6.07, 6.45) is -3.00. The summed E-state index contributed by atoms with van der Waals surface area (Å²) in [6, 6.07) is 19.2. The first-order valence-electron chi connectivity index (χ1n) is 10.3. The monoisotopic (exact) mass is 462 g/mol. The molecule has 0 N–H and O–H groups in total. The molecule has 1 heterocycles. The van der Waals surface area contributed by atoms with Crippen molar-refractivity contribution in [3.8, 4) is 0 Å². The van der Waals surface area contributed by atoms with Crippen molar-refractivity contribution in [1.82, 2.24) is 0 Å². The fraction of sp³-hybridized carbons (Fsp3) is 0.417. The fourth-order valence-corrected chi connectivity index (χ4v) is 3.85. The number of rotatable bonds is 10. The minimum absolute atomic E-state index is 0.0310. The maximum absolute atomic E-state index is 11.8. The molecule has 0 spiro atoms. The van der Waals surface area contributed by atoms with E-state index in [4.69, 9.17) is 35.3 Å². The standard InChI is InChI=1S/C24H27ClO7/c1-17(26)30-21-22(29-14-20-11-7-4-8-12-20)24(15-25,32-23(21)31-18(2)27)16-28-13-19-9-5-3-6-10-19/h3-12,21-23H,13-16H2,1-2H3/t21-,22+,23+,24-/m1/s1. The zero-order chi connectivity index (χ0) is 23.0. The number of esters is 2. The number of carbonyl (C=O) groups is 2. The Morgan fingerprint density at radius 2 is 1.47 bits per heavy atom. The molecule has 1 aliphatic heterocycles. The number of ether oxygens (including phenoxy) is 5. The van der Waals surface area contributed by atoms with Gasteiger partial charge in [-0.25, -0.2) is 0 Å². The quantitative estimate of drug-likeness (QED) is 0.394. The van der Waals surface area contributed by atoms with Gasteiger partial charge in [0.2, 0.25) is 6.29 Å². The molecule has 3 rings (SSSR count). The number of hydrogen-bond acceptors (Lipinski definition) is 7. The lowest BCUT2D eigenvalue weighted by molar-refractivity contribution is -0.208. The van der Waals surface area contributed by atoms with E-state index in [1.54, 1.807) is 0 Å². The summed E-state index contributed by atoms with van der Waals surface area (Å²) in [5, 5.41) is 0. The summed E-state index contributed by atoms with van der Waals surface area (Å²) in [4.78, 5) is 23.5. The zero-order valence-electron chi connectivity index (χ0n) is 18.1. The molecule has 172 valence electrons. The Labute approximate surface area is 192 Å². The average Bonchev–Trinajstić information content (AvgIpc) is 3.05. The van der Waals surface area contributed by atoms with E-state index in [1.807, 2.05) is 60.7 Å². The Kier molecular flexibility index (Phi) is 8.64. The average molecular weight is 463 g/mol. The summed E-state index contributed by atoms with van der Waals surface area (Å²) in [6.45, 7) is 3.11. The number of alkyl halides is 1. The van der Waals surface area contributed by atoms with E-state index < -0.39 is 36.0 Å². The van der Waals surface area contributed by atoms with Crippen LogP contribution in [0.1, 0.15) is 25.0 Å². The summed E-state index contributed by atoms with van der Waals surface area (Å²) in [7, 11) is 0. The van der Waals surface area contributed by atoms with Crippen molar-refractivity contribution in [2.45, 2.75) is 51.2 Å². The van der Waals surface area contributed by atoms with Gasteiger partial charge in [-0.3, -0.25) is 9.59 Å². The Bertz CT molecular complexity index is 876. The highest BCUT2D eigenvalue weighted by Gasteiger charge is 2.59. The highest BCUT2D eigenvalue weighted by molar-refractivity contribution is 6.18. The van der Waals surface area contributed by atoms with Crippen LogP contribution in [0, 0.1) is 0 Å². The third-order valence-corrected chi connectivity index (χ3v) is 5.43. The van der Waals surface area contributed by atoms with Crippen LogP contribution in [0.4, 0.5) is 0 Å². The largest absolute Gasteiger partial charge is 0.453 e. The molecule has 0 saturated carbocycles. The van der Waals surface area contributed by atoms with Crippen LogP contribution in [-0.2, 0) is 46.5 Å². The van der Waals surface area contributed by atoms with Crippen molar-refractivity contribution < 1.29 is 33.3 Å². The maximum Gasteiger partial charge on any atom is 0.305 e. The Morgan fingerprint density at radius 1 is 0.906 bits per heavy atom. The lowest BCUT2D eigenvalue weighted by Crippen LogP contribution is -2.51. The third-order valence-electron chi connectivity index (χ3n) is 4.98. The molecule has 1 saturated heterocycles. The molecule has 1 fully saturated rings. The van der Waals surface area contributed by atoms with Gasteiger partial charge in [0.05, 0.1) is 25.7 Å². The van der Waals surface area contributed by atoms with Gasteiger partial charge in [0.25, 0.3) is 0 Å². The minimum atomic E-state index is -1.20. The SMILES string of the molecule is CC(=O)O[C@H]1O[C@](CCl)(COCc2ccccc2)[C@@H](OCc2ccccc2)[C@H]1OC(C)=O. The van der Waals surface area contributed by atoms with Crippen molar-refractivity contribution in [3.05, 3.63) is 71.8 Å². The topological polar surface area (TPSA) is 80.3 Å². The summed E-state index contributed by atoms with van der Waals surface area (Å²) < 4.78 is 28.9. The summed E-state index contributed by atoms with van der Waals surface area (Å²) in [5.41, 5.74) is 0.689. The third kappa shape index (κ3) is 6.29. The van der Waals surface area contributed by atoms with Crippen LogP contribution in [0.2, 0.25) is 0 Å². The molecule has 32 heavy (non-hydrogen) atoms. The van der Waals surface area contributed by atoms with Gasteiger partial charge >= 0.3 is 11.9 Å². The number of carbonyl (C=O) groups excluding carboxylic acids is 2. The maximum atomic E-state index is 11.8. The minimum Gasteiger partial charge on any atom is -0.453 e. The number of hydrogen-bond donors (Lipinski definition) is 0. The van der Waals surface area contributed by atoms with Crippen LogP contribution in [0.5, 0.6) is 0 Å². The van der Waals surface area contributed by atoms with Gasteiger partial charge < -0.3 is 23.7 Å². The van der Waals surface area contributed by atoms with E-state index in [2.05, 4.69) is 0 Å². The van der Waals surface area contributed by atoms with Gasteiger partial charge in [-0.1, -0.05) is 60.7 Å². The van der Waals surface area contributed by atoms with E-state index >= 15 is 0 Å². The van der Waals surface area contributed by atoms with Gasteiger partial charge in [-0.15, -0.1) is 11.6 Å². The van der Waals surface area contributed by atoms with Crippen LogP contribution in [-0.4, -0.2) is 48.5 Å². The molecule has 4 atom stereocenters. The van der Waals surface area contributed by atoms with Crippen LogP contribution in [0.3, 0.4) is 0 Å². The van der Waals surface area contributed by atoms with Gasteiger partial charge in [0.1, 0.15) is 11.7 Å². The van der Waals surface area contributed by atoms with Crippen LogP contribution in [0.25, 0.3) is 0 Å². The van der Waals surface area contributed by atoms with Crippen molar-refractivity contribution in [2.24, 2.45) is 0 Å². The Balaban J connectivity index is 1.82. The molecule has 2 aromatic rings. The van der Waals surface area contributed by atoms with E-state index in [0.29, 0.717) is 6.61 Å². The Morgan fingerprint density at radius 3 is 2.00 bits per heavy atom. The normalized spacial score (nSPS) is 24.8. The van der Waals surface area contributed by atoms with Crippen LogP contribution < -0.4 is 0 Å². The molecule has 1 aliphatic rings. The second-order valence-electron chi connectivity index (χ2n) is 7.56. The molecule has 0 aromatic heterocycles. The van der Waals surface area contributed by atoms with E-state index in [1.165, 1.54) is 13.8 Å².